The maximum Gasteiger partial charge on any atom is 0.472 e. The molecule has 0 spiro atoms. The molecule has 0 aromatic rings. The van der Waals surface area contributed by atoms with Crippen LogP contribution >= 0.6 is 15.6 Å². The highest BCUT2D eigenvalue weighted by Gasteiger charge is 2.30. The van der Waals surface area contributed by atoms with Crippen molar-refractivity contribution in [2.75, 3.05) is 39.6 Å². The molecule has 504 valence electrons. The lowest BCUT2D eigenvalue weighted by molar-refractivity contribution is -0.161. The van der Waals surface area contributed by atoms with Gasteiger partial charge in [-0.3, -0.25) is 37.3 Å². The van der Waals surface area contributed by atoms with E-state index in [4.69, 9.17) is 37.0 Å². The molecule has 0 aliphatic rings. The molecule has 85 heavy (non-hydrogen) atoms. The van der Waals surface area contributed by atoms with E-state index in [1.54, 1.807) is 0 Å². The van der Waals surface area contributed by atoms with E-state index in [0.717, 1.165) is 109 Å². The van der Waals surface area contributed by atoms with Gasteiger partial charge in [-0.05, 0) is 37.5 Å². The maximum absolute atomic E-state index is 13.0. The molecule has 19 heteroatoms. The van der Waals surface area contributed by atoms with Gasteiger partial charge in [0, 0.05) is 25.7 Å². The van der Waals surface area contributed by atoms with E-state index in [-0.39, 0.29) is 25.7 Å². The van der Waals surface area contributed by atoms with Crippen molar-refractivity contribution in [3.8, 4) is 0 Å². The molecular formula is C66H128O17P2. The summed E-state index contributed by atoms with van der Waals surface area (Å²) in [5.41, 5.74) is 0. The zero-order chi connectivity index (χ0) is 62.9. The van der Waals surface area contributed by atoms with Crippen LogP contribution in [0.5, 0.6) is 0 Å². The Labute approximate surface area is 517 Å². The van der Waals surface area contributed by atoms with Crippen molar-refractivity contribution < 1.29 is 80.2 Å². The molecule has 0 aromatic carbocycles. The zero-order valence-corrected chi connectivity index (χ0v) is 56.7. The van der Waals surface area contributed by atoms with Crippen molar-refractivity contribution in [1.29, 1.82) is 0 Å². The molecule has 3 N–H and O–H groups in total. The van der Waals surface area contributed by atoms with Crippen LogP contribution < -0.4 is 0 Å². The number of phosphoric ester groups is 2. The van der Waals surface area contributed by atoms with Crippen molar-refractivity contribution >= 4 is 39.5 Å². The van der Waals surface area contributed by atoms with Crippen LogP contribution in [0.3, 0.4) is 0 Å². The normalized spacial score (nSPS) is 14.2. The van der Waals surface area contributed by atoms with Gasteiger partial charge in [0.05, 0.1) is 26.4 Å². The number of esters is 4. The second-order valence-electron chi connectivity index (χ2n) is 24.8. The Hall–Kier alpha value is -1.94. The van der Waals surface area contributed by atoms with Gasteiger partial charge in [-0.1, -0.05) is 279 Å². The van der Waals surface area contributed by atoms with Crippen LogP contribution in [0.4, 0.5) is 0 Å². The minimum absolute atomic E-state index is 0.102. The van der Waals surface area contributed by atoms with E-state index in [1.807, 2.05) is 0 Å². The van der Waals surface area contributed by atoms with Crippen molar-refractivity contribution in [3.63, 3.8) is 0 Å². The number of hydrogen-bond donors (Lipinski definition) is 3. The fourth-order valence-electron chi connectivity index (χ4n) is 9.88. The lowest BCUT2D eigenvalue weighted by atomic mass is 10.0. The third kappa shape index (κ3) is 60.7. The Bertz CT molecular complexity index is 1670. The van der Waals surface area contributed by atoms with Crippen LogP contribution in [0, 0.1) is 11.8 Å². The van der Waals surface area contributed by atoms with Gasteiger partial charge >= 0.3 is 39.5 Å². The van der Waals surface area contributed by atoms with Gasteiger partial charge in [0.1, 0.15) is 19.3 Å². The first-order valence-electron chi connectivity index (χ1n) is 34.5. The quantitative estimate of drug-likeness (QED) is 0.0222. The number of aliphatic hydroxyl groups excluding tert-OH is 1. The number of unbranched alkanes of at least 4 members (excludes halogenated alkanes) is 35. The average Bonchev–Trinajstić information content (AvgIpc) is 3.61. The molecule has 0 rings (SSSR count). The molecule has 0 heterocycles. The highest BCUT2D eigenvalue weighted by Crippen LogP contribution is 2.45. The summed E-state index contributed by atoms with van der Waals surface area (Å²) >= 11 is 0. The summed E-state index contributed by atoms with van der Waals surface area (Å²) in [4.78, 5) is 72.1. The van der Waals surface area contributed by atoms with Gasteiger partial charge < -0.3 is 33.8 Å². The molecule has 2 unspecified atom stereocenters. The van der Waals surface area contributed by atoms with E-state index < -0.39 is 97.5 Å². The summed E-state index contributed by atoms with van der Waals surface area (Å²) in [7, 11) is -9.88. The minimum atomic E-state index is -4.95. The largest absolute Gasteiger partial charge is 0.472 e. The smallest absolute Gasteiger partial charge is 0.462 e. The second kappa shape index (κ2) is 58.4. The molecule has 0 saturated heterocycles. The van der Waals surface area contributed by atoms with Gasteiger partial charge in [-0.2, -0.15) is 0 Å². The number of phosphoric acid groups is 2. The lowest BCUT2D eigenvalue weighted by Crippen LogP contribution is -2.30. The first-order valence-corrected chi connectivity index (χ1v) is 37.5. The predicted octanol–water partition coefficient (Wildman–Crippen LogP) is 18.4. The molecule has 5 atom stereocenters. The first-order chi connectivity index (χ1) is 40.9. The molecule has 17 nitrogen and oxygen atoms in total. The summed E-state index contributed by atoms with van der Waals surface area (Å²) in [5, 5.41) is 10.5. The lowest BCUT2D eigenvalue weighted by Gasteiger charge is -2.21. The Morgan fingerprint density at radius 1 is 0.318 bits per heavy atom. The maximum atomic E-state index is 13.0. The van der Waals surface area contributed by atoms with E-state index in [9.17, 15) is 43.2 Å². The fraction of sp³-hybridized carbons (Fsp3) is 0.939. The second-order valence-corrected chi connectivity index (χ2v) is 27.7. The topological polar surface area (TPSA) is 237 Å². The molecule has 0 aliphatic heterocycles. The van der Waals surface area contributed by atoms with E-state index in [0.29, 0.717) is 31.6 Å². The van der Waals surface area contributed by atoms with Gasteiger partial charge in [-0.25, -0.2) is 9.13 Å². The van der Waals surface area contributed by atoms with Crippen molar-refractivity contribution in [3.05, 3.63) is 0 Å². The molecule has 0 aliphatic carbocycles. The third-order valence-electron chi connectivity index (χ3n) is 15.2. The number of carbonyl (C=O) groups is 4. The van der Waals surface area contributed by atoms with E-state index >= 15 is 0 Å². The zero-order valence-electron chi connectivity index (χ0n) is 54.9. The summed E-state index contributed by atoms with van der Waals surface area (Å²) in [6.45, 7) is 9.40. The number of ether oxygens (including phenoxy) is 4. The molecule has 0 aromatic heterocycles. The van der Waals surface area contributed by atoms with E-state index in [1.165, 1.54) is 135 Å². The molecule has 0 radical (unpaired) electrons. The Kier molecular flexibility index (Phi) is 57.1. The van der Waals surface area contributed by atoms with Crippen molar-refractivity contribution in [2.24, 2.45) is 11.8 Å². The number of aliphatic hydroxyl groups is 1. The first kappa shape index (κ1) is 83.1. The van der Waals surface area contributed by atoms with E-state index in [2.05, 4.69) is 41.5 Å². The van der Waals surface area contributed by atoms with Gasteiger partial charge in [-0.15, -0.1) is 0 Å². The molecule has 0 amide bonds. The minimum Gasteiger partial charge on any atom is -0.462 e. The van der Waals surface area contributed by atoms with Crippen LogP contribution in [-0.2, 0) is 65.4 Å². The van der Waals surface area contributed by atoms with Crippen LogP contribution in [-0.4, -0.2) is 96.7 Å². The Balaban J connectivity index is 5.17. The van der Waals surface area contributed by atoms with Crippen molar-refractivity contribution in [2.45, 2.75) is 349 Å². The summed E-state index contributed by atoms with van der Waals surface area (Å²) in [6.07, 6.45) is 42.0. The fourth-order valence-corrected chi connectivity index (χ4v) is 11.5. The molecule has 0 saturated carbocycles. The van der Waals surface area contributed by atoms with Crippen LogP contribution in [0.1, 0.15) is 330 Å². The van der Waals surface area contributed by atoms with Crippen LogP contribution in [0.15, 0.2) is 0 Å². The highest BCUT2D eigenvalue weighted by molar-refractivity contribution is 7.47. The van der Waals surface area contributed by atoms with Gasteiger partial charge in [0.2, 0.25) is 0 Å². The SMILES string of the molecule is CCCCCCCCCCCCCC(=O)OC[C@H](COP(=O)(O)OC[C@@H](O)COP(=O)(O)OC[C@@H](COC(=O)CCCCCCCCC)OC(=O)CCCCCCCCC(C)C)OC(=O)CCCCCCCCCCCCCCCCCC(C)C. The highest BCUT2D eigenvalue weighted by atomic mass is 31.2. The predicted molar refractivity (Wildman–Crippen MR) is 340 cm³/mol. The number of rotatable bonds is 65. The standard InChI is InChI=1S/C66H128O17P2/c1-7-9-11-13-15-16-22-26-30-37-43-49-64(69)77-55-61(82-65(70)50-44-38-31-27-24-21-19-17-18-20-23-25-29-34-40-46-58(3)4)56-80-84(72,73)78-52-60(67)53-79-85(74,75)81-57-62(54-76-63(68)48-42-36-28-14-12-10-8-2)83-66(71)51-45-39-33-32-35-41-47-59(5)6/h58-62,67H,7-57H2,1-6H3,(H,72,73)(H,74,75)/t60-,61-,62-/m1/s1. The number of hydrogen-bond acceptors (Lipinski definition) is 15. The summed E-state index contributed by atoms with van der Waals surface area (Å²) < 4.78 is 67.9. The van der Waals surface area contributed by atoms with Gasteiger partial charge in [0.15, 0.2) is 12.2 Å². The molecular weight excluding hydrogens is 1130 g/mol. The van der Waals surface area contributed by atoms with Crippen LogP contribution in [0.2, 0.25) is 0 Å². The Morgan fingerprint density at radius 3 is 0.800 bits per heavy atom. The van der Waals surface area contributed by atoms with Gasteiger partial charge in [0.25, 0.3) is 0 Å². The third-order valence-corrected chi connectivity index (χ3v) is 17.1. The van der Waals surface area contributed by atoms with Crippen molar-refractivity contribution in [1.82, 2.24) is 0 Å². The summed E-state index contributed by atoms with van der Waals surface area (Å²) in [6, 6.07) is 0. The molecule has 0 fully saturated rings. The van der Waals surface area contributed by atoms with Crippen LogP contribution in [0.25, 0.3) is 0 Å². The molecule has 0 bridgehead atoms. The average molecular weight is 1260 g/mol. The Morgan fingerprint density at radius 2 is 0.541 bits per heavy atom. The monoisotopic (exact) mass is 1250 g/mol. The number of carbonyl (C=O) groups excluding carboxylic acids is 4. The summed E-state index contributed by atoms with van der Waals surface area (Å²) in [5.74, 6) is -0.666.